The molecule has 0 heterocycles. The third-order valence-corrected chi connectivity index (χ3v) is 3.24. The smallest absolute Gasteiger partial charge is 0.314 e. The van der Waals surface area contributed by atoms with Gasteiger partial charge >= 0.3 is 5.97 Å². The van der Waals surface area contributed by atoms with Crippen LogP contribution in [0.5, 0.6) is 0 Å². The number of ketones is 1. The highest BCUT2D eigenvalue weighted by Crippen LogP contribution is 2.34. The Morgan fingerprint density at radius 3 is 2.43 bits per heavy atom. The number of hydrogen-bond acceptors (Lipinski definition) is 2. The first-order valence-corrected chi connectivity index (χ1v) is 5.21. The lowest BCUT2D eigenvalue weighted by atomic mass is 9.70. The number of carboxylic acids is 1. The van der Waals surface area contributed by atoms with Gasteiger partial charge in [0.25, 0.3) is 0 Å². The summed E-state index contributed by atoms with van der Waals surface area (Å²) in [6.07, 6.45) is 1.70. The average Bonchev–Trinajstić information content (AvgIpc) is 2.02. The molecule has 1 aliphatic rings. The van der Waals surface area contributed by atoms with Gasteiger partial charge in [-0.25, -0.2) is 0 Å². The van der Waals surface area contributed by atoms with Crippen LogP contribution < -0.4 is 0 Å². The van der Waals surface area contributed by atoms with Crippen LogP contribution in [-0.4, -0.2) is 16.9 Å². The fourth-order valence-electron chi connectivity index (χ4n) is 2.29. The number of carbonyl (C=O) groups is 2. The Balaban J connectivity index is 2.83. The van der Waals surface area contributed by atoms with Gasteiger partial charge in [0.05, 0.1) is 0 Å². The number of carbonyl (C=O) groups excluding carboxylic acids is 1. The summed E-state index contributed by atoms with van der Waals surface area (Å²) in [7, 11) is 0. The molecule has 0 aromatic heterocycles. The van der Waals surface area contributed by atoms with Gasteiger partial charge in [0.15, 0.2) is 5.78 Å². The molecule has 1 aliphatic carbocycles. The van der Waals surface area contributed by atoms with E-state index in [0.717, 1.165) is 12.8 Å². The third kappa shape index (κ3) is 1.97. The SMILES string of the molecule is CC(C)C1CCC(C)C(C(=O)O)C1=O. The molecule has 1 N–H and O–H groups in total. The Bertz CT molecular complexity index is 245. The van der Waals surface area contributed by atoms with E-state index in [-0.39, 0.29) is 23.5 Å². The van der Waals surface area contributed by atoms with E-state index in [1.165, 1.54) is 0 Å². The first-order chi connectivity index (χ1) is 6.45. The molecule has 0 spiro atoms. The first kappa shape index (κ1) is 11.2. The quantitative estimate of drug-likeness (QED) is 0.690. The van der Waals surface area contributed by atoms with Crippen molar-refractivity contribution in [2.24, 2.45) is 23.7 Å². The standard InChI is InChI=1S/C11H18O3/c1-6(2)8-5-4-7(3)9(10(8)12)11(13)14/h6-9H,4-5H2,1-3H3,(H,13,14). The number of carboxylic acid groups (broad SMARTS) is 1. The molecule has 3 atom stereocenters. The zero-order chi connectivity index (χ0) is 10.9. The molecule has 14 heavy (non-hydrogen) atoms. The zero-order valence-corrected chi connectivity index (χ0v) is 8.99. The van der Waals surface area contributed by atoms with Gasteiger partial charge in [-0.2, -0.15) is 0 Å². The van der Waals surface area contributed by atoms with E-state index >= 15 is 0 Å². The summed E-state index contributed by atoms with van der Waals surface area (Å²) in [6.45, 7) is 5.82. The summed E-state index contributed by atoms with van der Waals surface area (Å²) in [5, 5.41) is 8.96. The molecular formula is C11H18O3. The largest absolute Gasteiger partial charge is 0.481 e. The van der Waals surface area contributed by atoms with Gasteiger partial charge in [0.1, 0.15) is 5.92 Å². The topological polar surface area (TPSA) is 54.4 Å². The van der Waals surface area contributed by atoms with E-state index in [0.29, 0.717) is 0 Å². The van der Waals surface area contributed by atoms with Crippen molar-refractivity contribution in [2.45, 2.75) is 33.6 Å². The van der Waals surface area contributed by atoms with E-state index in [4.69, 9.17) is 5.11 Å². The van der Waals surface area contributed by atoms with Crippen LogP contribution in [0.15, 0.2) is 0 Å². The lowest BCUT2D eigenvalue weighted by molar-refractivity contribution is -0.152. The lowest BCUT2D eigenvalue weighted by Crippen LogP contribution is -2.40. The summed E-state index contributed by atoms with van der Waals surface area (Å²) in [5.41, 5.74) is 0. The van der Waals surface area contributed by atoms with E-state index in [2.05, 4.69) is 0 Å². The number of rotatable bonds is 2. The van der Waals surface area contributed by atoms with Crippen molar-refractivity contribution < 1.29 is 14.7 Å². The van der Waals surface area contributed by atoms with Gasteiger partial charge in [-0.05, 0) is 24.7 Å². The van der Waals surface area contributed by atoms with E-state index in [9.17, 15) is 9.59 Å². The first-order valence-electron chi connectivity index (χ1n) is 5.21. The second-order valence-electron chi connectivity index (χ2n) is 4.62. The molecule has 1 saturated carbocycles. The summed E-state index contributed by atoms with van der Waals surface area (Å²) in [4.78, 5) is 22.8. The normalized spacial score (nSPS) is 33.4. The van der Waals surface area contributed by atoms with Crippen LogP contribution >= 0.6 is 0 Å². The second-order valence-corrected chi connectivity index (χ2v) is 4.62. The van der Waals surface area contributed by atoms with Crippen molar-refractivity contribution in [1.82, 2.24) is 0 Å². The van der Waals surface area contributed by atoms with Crippen molar-refractivity contribution in [1.29, 1.82) is 0 Å². The highest BCUT2D eigenvalue weighted by atomic mass is 16.4. The predicted octanol–water partition coefficient (Wildman–Crippen LogP) is 1.96. The van der Waals surface area contributed by atoms with Gasteiger partial charge in [-0.1, -0.05) is 20.8 Å². The average molecular weight is 198 g/mol. The highest BCUT2D eigenvalue weighted by Gasteiger charge is 2.41. The maximum Gasteiger partial charge on any atom is 0.314 e. The monoisotopic (exact) mass is 198 g/mol. The molecule has 0 bridgehead atoms. The molecule has 1 fully saturated rings. The van der Waals surface area contributed by atoms with E-state index in [1.54, 1.807) is 0 Å². The molecule has 0 saturated heterocycles. The van der Waals surface area contributed by atoms with Crippen LogP contribution in [0.25, 0.3) is 0 Å². The molecule has 1 rings (SSSR count). The van der Waals surface area contributed by atoms with Gasteiger partial charge in [0, 0.05) is 5.92 Å². The minimum atomic E-state index is -0.951. The molecule has 3 unspecified atom stereocenters. The number of hydrogen-bond donors (Lipinski definition) is 1. The van der Waals surface area contributed by atoms with Crippen molar-refractivity contribution in [3.8, 4) is 0 Å². The Morgan fingerprint density at radius 2 is 2.00 bits per heavy atom. The second kappa shape index (κ2) is 4.11. The number of Topliss-reactive ketones (excluding diaryl/α,β-unsaturated/α-hetero) is 1. The molecular weight excluding hydrogens is 180 g/mol. The molecule has 80 valence electrons. The van der Waals surface area contributed by atoms with Crippen LogP contribution in [0.1, 0.15) is 33.6 Å². The summed E-state index contributed by atoms with van der Waals surface area (Å²) in [6, 6.07) is 0. The van der Waals surface area contributed by atoms with E-state index < -0.39 is 11.9 Å². The Labute approximate surface area is 84.5 Å². The van der Waals surface area contributed by atoms with Crippen LogP contribution in [0.2, 0.25) is 0 Å². The van der Waals surface area contributed by atoms with E-state index in [1.807, 2.05) is 20.8 Å². The van der Waals surface area contributed by atoms with Crippen LogP contribution in [0.3, 0.4) is 0 Å². The maximum absolute atomic E-state index is 11.8. The van der Waals surface area contributed by atoms with Crippen molar-refractivity contribution in [3.63, 3.8) is 0 Å². The summed E-state index contributed by atoms with van der Waals surface area (Å²) >= 11 is 0. The fraction of sp³-hybridized carbons (Fsp3) is 0.818. The summed E-state index contributed by atoms with van der Waals surface area (Å²) in [5.74, 6) is -1.57. The van der Waals surface area contributed by atoms with Gasteiger partial charge in [0.2, 0.25) is 0 Å². The molecule has 0 aromatic rings. The molecule has 0 aliphatic heterocycles. The molecule has 0 radical (unpaired) electrons. The predicted molar refractivity (Wildman–Crippen MR) is 52.9 cm³/mol. The maximum atomic E-state index is 11.8. The molecule has 0 aromatic carbocycles. The molecule has 0 amide bonds. The Kier molecular flexibility index (Phi) is 3.29. The highest BCUT2D eigenvalue weighted by molar-refractivity contribution is 6.00. The lowest BCUT2D eigenvalue weighted by Gasteiger charge is -2.32. The molecule has 3 nitrogen and oxygen atoms in total. The molecule has 3 heteroatoms. The van der Waals surface area contributed by atoms with Crippen LogP contribution in [0.4, 0.5) is 0 Å². The Morgan fingerprint density at radius 1 is 1.43 bits per heavy atom. The van der Waals surface area contributed by atoms with Gasteiger partial charge in [-0.3, -0.25) is 9.59 Å². The minimum absolute atomic E-state index is 0.00463. The Hall–Kier alpha value is -0.860. The van der Waals surface area contributed by atoms with Crippen LogP contribution in [0, 0.1) is 23.7 Å². The third-order valence-electron chi connectivity index (χ3n) is 3.24. The van der Waals surface area contributed by atoms with Crippen molar-refractivity contribution in [3.05, 3.63) is 0 Å². The zero-order valence-electron chi connectivity index (χ0n) is 8.99. The van der Waals surface area contributed by atoms with Crippen molar-refractivity contribution >= 4 is 11.8 Å². The fourth-order valence-corrected chi connectivity index (χ4v) is 2.29. The summed E-state index contributed by atoms with van der Waals surface area (Å²) < 4.78 is 0. The minimum Gasteiger partial charge on any atom is -0.481 e. The number of aliphatic carboxylic acids is 1. The van der Waals surface area contributed by atoms with Gasteiger partial charge < -0.3 is 5.11 Å². The van der Waals surface area contributed by atoms with Crippen LogP contribution in [-0.2, 0) is 9.59 Å². The van der Waals surface area contributed by atoms with Crippen molar-refractivity contribution in [2.75, 3.05) is 0 Å². The van der Waals surface area contributed by atoms with Gasteiger partial charge in [-0.15, -0.1) is 0 Å².